The highest BCUT2D eigenvalue weighted by molar-refractivity contribution is 5.78. The van der Waals surface area contributed by atoms with Crippen LogP contribution >= 0.6 is 0 Å². The summed E-state index contributed by atoms with van der Waals surface area (Å²) in [6, 6.07) is 10.1. The number of hydrogen-bond acceptors (Lipinski definition) is 5. The summed E-state index contributed by atoms with van der Waals surface area (Å²) in [5, 5.41) is 0. The first-order valence-corrected chi connectivity index (χ1v) is 8.23. The Labute approximate surface area is 142 Å². The molecule has 0 N–H and O–H groups in total. The number of likely N-dealkylation sites (N-methyl/N-ethyl adjacent to an activating group) is 1. The van der Waals surface area contributed by atoms with Crippen molar-refractivity contribution in [1.29, 1.82) is 0 Å². The van der Waals surface area contributed by atoms with Crippen LogP contribution in [0.25, 0.3) is 0 Å². The van der Waals surface area contributed by atoms with E-state index < -0.39 is 0 Å². The highest BCUT2D eigenvalue weighted by atomic mass is 16.2. The second-order valence-corrected chi connectivity index (χ2v) is 6.06. The summed E-state index contributed by atoms with van der Waals surface area (Å²) in [6.07, 6.45) is 5.18. The third-order valence-electron chi connectivity index (χ3n) is 4.29. The summed E-state index contributed by atoms with van der Waals surface area (Å²) in [5.41, 5.74) is 1.15. The molecule has 0 saturated carbocycles. The third-order valence-corrected chi connectivity index (χ3v) is 4.29. The Morgan fingerprint density at radius 1 is 1.12 bits per heavy atom. The molecular weight excluding hydrogens is 302 g/mol. The standard InChI is InChI=1S/C18H23N5O/c1-21(14-16-5-3-2-4-6-16)18(24)15-22-9-11-23(12-10-22)17-13-19-7-8-20-17/h2-8,13H,9-12,14-15H2,1H3. The molecule has 2 heterocycles. The average molecular weight is 325 g/mol. The summed E-state index contributed by atoms with van der Waals surface area (Å²) >= 11 is 0. The number of benzene rings is 1. The van der Waals surface area contributed by atoms with Gasteiger partial charge in [-0.05, 0) is 5.56 Å². The van der Waals surface area contributed by atoms with Gasteiger partial charge in [0.2, 0.25) is 5.91 Å². The number of nitrogens with zero attached hydrogens (tertiary/aromatic N) is 5. The second kappa shape index (κ2) is 7.88. The lowest BCUT2D eigenvalue weighted by Gasteiger charge is -2.35. The molecular formula is C18H23N5O. The van der Waals surface area contributed by atoms with Gasteiger partial charge in [0.05, 0.1) is 12.7 Å². The largest absolute Gasteiger partial charge is 0.353 e. The van der Waals surface area contributed by atoms with Crippen molar-refractivity contribution in [3.05, 3.63) is 54.5 Å². The fourth-order valence-corrected chi connectivity index (χ4v) is 2.85. The lowest BCUT2D eigenvalue weighted by atomic mass is 10.2. The lowest BCUT2D eigenvalue weighted by molar-refractivity contribution is -0.131. The molecule has 0 atom stereocenters. The van der Waals surface area contributed by atoms with Crippen molar-refractivity contribution in [2.24, 2.45) is 0 Å². The van der Waals surface area contributed by atoms with Crippen LogP contribution in [0.1, 0.15) is 5.56 Å². The van der Waals surface area contributed by atoms with Gasteiger partial charge >= 0.3 is 0 Å². The molecule has 0 aliphatic carbocycles. The first-order chi connectivity index (χ1) is 11.7. The van der Waals surface area contributed by atoms with Gasteiger partial charge in [-0.15, -0.1) is 0 Å². The van der Waals surface area contributed by atoms with Crippen molar-refractivity contribution >= 4 is 11.7 Å². The molecule has 1 aliphatic rings. The molecule has 0 bridgehead atoms. The molecule has 126 valence electrons. The molecule has 0 radical (unpaired) electrons. The zero-order chi connectivity index (χ0) is 16.8. The monoisotopic (exact) mass is 325 g/mol. The number of piperazine rings is 1. The zero-order valence-corrected chi connectivity index (χ0v) is 14.0. The number of amides is 1. The number of hydrogen-bond donors (Lipinski definition) is 0. The molecule has 1 aromatic carbocycles. The topological polar surface area (TPSA) is 52.6 Å². The van der Waals surface area contributed by atoms with Gasteiger partial charge in [0, 0.05) is 52.2 Å². The van der Waals surface area contributed by atoms with E-state index in [-0.39, 0.29) is 5.91 Å². The van der Waals surface area contributed by atoms with Gasteiger partial charge < -0.3 is 9.80 Å². The van der Waals surface area contributed by atoms with Crippen LogP contribution in [-0.4, -0.2) is 65.4 Å². The maximum Gasteiger partial charge on any atom is 0.236 e. The molecule has 24 heavy (non-hydrogen) atoms. The van der Waals surface area contributed by atoms with Crippen LogP contribution in [-0.2, 0) is 11.3 Å². The Hall–Kier alpha value is -2.47. The van der Waals surface area contributed by atoms with E-state index in [1.807, 2.05) is 37.4 Å². The summed E-state index contributed by atoms with van der Waals surface area (Å²) in [5.74, 6) is 1.07. The predicted octanol–water partition coefficient (Wildman–Crippen LogP) is 1.26. The molecule has 6 nitrogen and oxygen atoms in total. The van der Waals surface area contributed by atoms with Gasteiger partial charge in [-0.2, -0.15) is 0 Å². The normalized spacial score (nSPS) is 15.3. The number of carbonyl (C=O) groups is 1. The summed E-state index contributed by atoms with van der Waals surface area (Å²) in [4.78, 5) is 27.1. The Bertz CT molecular complexity index is 641. The molecule has 1 amide bonds. The Balaban J connectivity index is 1.46. The average Bonchev–Trinajstić information content (AvgIpc) is 2.64. The number of anilines is 1. The summed E-state index contributed by atoms with van der Waals surface area (Å²) in [6.45, 7) is 4.59. The van der Waals surface area contributed by atoms with Crippen LogP contribution in [0.2, 0.25) is 0 Å². The molecule has 1 saturated heterocycles. The van der Waals surface area contributed by atoms with Crippen LogP contribution in [0.4, 0.5) is 5.82 Å². The van der Waals surface area contributed by atoms with Crippen LogP contribution in [0, 0.1) is 0 Å². The van der Waals surface area contributed by atoms with E-state index in [4.69, 9.17) is 0 Å². The number of carbonyl (C=O) groups excluding carboxylic acids is 1. The van der Waals surface area contributed by atoms with Crippen molar-refractivity contribution in [2.75, 3.05) is 44.7 Å². The van der Waals surface area contributed by atoms with E-state index >= 15 is 0 Å². The minimum Gasteiger partial charge on any atom is -0.353 e. The molecule has 1 fully saturated rings. The number of aromatic nitrogens is 2. The lowest BCUT2D eigenvalue weighted by Crippen LogP contribution is -2.49. The van der Waals surface area contributed by atoms with Crippen LogP contribution in [0.5, 0.6) is 0 Å². The molecule has 0 unspecified atom stereocenters. The van der Waals surface area contributed by atoms with Crippen LogP contribution in [0.3, 0.4) is 0 Å². The molecule has 6 heteroatoms. The zero-order valence-electron chi connectivity index (χ0n) is 14.0. The highest BCUT2D eigenvalue weighted by Gasteiger charge is 2.21. The van der Waals surface area contributed by atoms with E-state index in [1.54, 1.807) is 23.5 Å². The van der Waals surface area contributed by atoms with Gasteiger partial charge in [-0.1, -0.05) is 30.3 Å². The van der Waals surface area contributed by atoms with Gasteiger partial charge in [0.15, 0.2) is 0 Å². The van der Waals surface area contributed by atoms with Crippen molar-refractivity contribution < 1.29 is 4.79 Å². The van der Waals surface area contributed by atoms with Gasteiger partial charge in [0.1, 0.15) is 5.82 Å². The van der Waals surface area contributed by atoms with Crippen molar-refractivity contribution in [1.82, 2.24) is 19.8 Å². The van der Waals surface area contributed by atoms with Gasteiger partial charge in [-0.25, -0.2) is 4.98 Å². The van der Waals surface area contributed by atoms with Crippen LogP contribution < -0.4 is 4.90 Å². The molecule has 2 aromatic rings. The number of rotatable bonds is 5. The maximum atomic E-state index is 12.4. The summed E-state index contributed by atoms with van der Waals surface area (Å²) < 4.78 is 0. The fourth-order valence-electron chi connectivity index (χ4n) is 2.85. The van der Waals surface area contributed by atoms with E-state index in [0.29, 0.717) is 13.1 Å². The minimum atomic E-state index is 0.159. The second-order valence-electron chi connectivity index (χ2n) is 6.06. The first kappa shape index (κ1) is 16.4. The van der Waals surface area contributed by atoms with E-state index in [1.165, 1.54) is 0 Å². The van der Waals surface area contributed by atoms with Gasteiger partial charge in [0.25, 0.3) is 0 Å². The Morgan fingerprint density at radius 3 is 2.54 bits per heavy atom. The third kappa shape index (κ3) is 4.29. The van der Waals surface area contributed by atoms with E-state index in [2.05, 4.69) is 19.8 Å². The van der Waals surface area contributed by atoms with Crippen molar-refractivity contribution in [3.8, 4) is 0 Å². The van der Waals surface area contributed by atoms with Crippen LogP contribution in [0.15, 0.2) is 48.9 Å². The van der Waals surface area contributed by atoms with E-state index in [9.17, 15) is 4.79 Å². The predicted molar refractivity (Wildman–Crippen MR) is 93.6 cm³/mol. The SMILES string of the molecule is CN(Cc1ccccc1)C(=O)CN1CCN(c2cnccn2)CC1. The molecule has 1 aliphatic heterocycles. The highest BCUT2D eigenvalue weighted by Crippen LogP contribution is 2.11. The van der Waals surface area contributed by atoms with Crippen molar-refractivity contribution in [3.63, 3.8) is 0 Å². The van der Waals surface area contributed by atoms with Gasteiger partial charge in [-0.3, -0.25) is 14.7 Å². The minimum absolute atomic E-state index is 0.159. The van der Waals surface area contributed by atoms with Crippen molar-refractivity contribution in [2.45, 2.75) is 6.54 Å². The molecule has 3 rings (SSSR count). The Kier molecular flexibility index (Phi) is 5.38. The first-order valence-electron chi connectivity index (χ1n) is 8.23. The smallest absolute Gasteiger partial charge is 0.236 e. The van der Waals surface area contributed by atoms with E-state index in [0.717, 1.165) is 37.6 Å². The Morgan fingerprint density at radius 2 is 1.88 bits per heavy atom. The molecule has 0 spiro atoms. The maximum absolute atomic E-state index is 12.4. The molecule has 1 aromatic heterocycles. The summed E-state index contributed by atoms with van der Waals surface area (Å²) in [7, 11) is 1.87. The fraction of sp³-hybridized carbons (Fsp3) is 0.389. The quantitative estimate of drug-likeness (QED) is 0.828.